The molecule has 1 atom stereocenters. The van der Waals surface area contributed by atoms with Gasteiger partial charge in [-0.25, -0.2) is 17.5 Å². The maximum absolute atomic E-state index is 14.7. The molecular formula is C23H28FN7O3S. The van der Waals surface area contributed by atoms with Crippen molar-refractivity contribution in [1.29, 1.82) is 0 Å². The van der Waals surface area contributed by atoms with Crippen LogP contribution in [0.25, 0.3) is 16.8 Å². The van der Waals surface area contributed by atoms with Gasteiger partial charge < -0.3 is 5.32 Å². The summed E-state index contributed by atoms with van der Waals surface area (Å²) in [6.07, 6.45) is 2.62. The highest BCUT2D eigenvalue weighted by Crippen LogP contribution is 2.27. The number of tetrazole rings is 1. The number of nitrogens with zero attached hydrogens (tertiary/aromatic N) is 6. The van der Waals surface area contributed by atoms with E-state index >= 15 is 0 Å². The van der Waals surface area contributed by atoms with Crippen molar-refractivity contribution < 1.29 is 17.6 Å². The lowest BCUT2D eigenvalue weighted by Gasteiger charge is -2.34. The molecule has 0 aliphatic carbocycles. The normalized spacial score (nSPS) is 16.2. The number of hydrogen-bond acceptors (Lipinski definition) is 7. The number of benzene rings is 2. The Kier molecular flexibility index (Phi) is 7.24. The average Bonchev–Trinajstić information content (AvgIpc) is 3.33. The molecule has 1 aliphatic rings. The predicted octanol–water partition coefficient (Wildman–Crippen LogP) is 1.47. The summed E-state index contributed by atoms with van der Waals surface area (Å²) in [4.78, 5) is 15.3. The first-order valence-corrected chi connectivity index (χ1v) is 13.1. The fourth-order valence-electron chi connectivity index (χ4n) is 4.15. The number of sulfonamides is 1. The molecule has 0 saturated carbocycles. The number of halogens is 1. The first-order chi connectivity index (χ1) is 16.6. The number of hydrogen-bond donors (Lipinski definition) is 1. The standard InChI is InChI=1S/C23H28FN7O3S/c1-16-4-5-21(22(24)10-16)18-11-19(13-20(12-18)31-15-25-27-28-31)23(32)26-17(2)14-29-6-8-30(9-7-29)35(3,33)34/h4-5,10-13,15,17H,6-9,14H2,1-3H3,(H,26,32)/t17-/m1/s1. The van der Waals surface area contributed by atoms with Crippen LogP contribution in [0.1, 0.15) is 22.8 Å². The lowest BCUT2D eigenvalue weighted by atomic mass is 10.00. The van der Waals surface area contributed by atoms with Gasteiger partial charge in [-0.15, -0.1) is 5.10 Å². The van der Waals surface area contributed by atoms with Crippen molar-refractivity contribution in [2.45, 2.75) is 19.9 Å². The summed E-state index contributed by atoms with van der Waals surface area (Å²) in [7, 11) is -3.19. The van der Waals surface area contributed by atoms with E-state index in [9.17, 15) is 17.6 Å². The SMILES string of the molecule is Cc1ccc(-c2cc(C(=O)N[C@H](C)CN3CCN(S(C)(=O)=O)CC3)cc(-n3cnnn3)c2)c(F)c1. The van der Waals surface area contributed by atoms with Crippen LogP contribution in [0.2, 0.25) is 0 Å². The second-order valence-corrected chi connectivity index (χ2v) is 10.8. The molecule has 4 rings (SSSR count). The van der Waals surface area contributed by atoms with Gasteiger partial charge in [-0.3, -0.25) is 9.69 Å². The van der Waals surface area contributed by atoms with Crippen molar-refractivity contribution in [2.24, 2.45) is 0 Å². The fraction of sp³-hybridized carbons (Fsp3) is 0.391. The number of rotatable bonds is 7. The molecule has 2 aromatic carbocycles. The summed E-state index contributed by atoms with van der Waals surface area (Å²) in [5, 5.41) is 14.2. The lowest BCUT2D eigenvalue weighted by Crippen LogP contribution is -2.51. The summed E-state index contributed by atoms with van der Waals surface area (Å²) in [5.74, 6) is -0.692. The highest BCUT2D eigenvalue weighted by molar-refractivity contribution is 7.88. The minimum absolute atomic E-state index is 0.191. The van der Waals surface area contributed by atoms with Crippen molar-refractivity contribution in [2.75, 3.05) is 39.0 Å². The predicted molar refractivity (Wildman–Crippen MR) is 129 cm³/mol. The maximum atomic E-state index is 14.7. The second-order valence-electron chi connectivity index (χ2n) is 8.84. The number of nitrogens with one attached hydrogen (secondary N) is 1. The topological polar surface area (TPSA) is 113 Å². The van der Waals surface area contributed by atoms with Crippen LogP contribution in [0.3, 0.4) is 0 Å². The summed E-state index contributed by atoms with van der Waals surface area (Å²) in [6.45, 7) is 6.34. The Morgan fingerprint density at radius 1 is 1.14 bits per heavy atom. The first kappa shape index (κ1) is 24.9. The summed E-state index contributed by atoms with van der Waals surface area (Å²) < 4.78 is 41.0. The van der Waals surface area contributed by atoms with Gasteiger partial charge in [0.15, 0.2) is 0 Å². The van der Waals surface area contributed by atoms with E-state index in [1.54, 1.807) is 24.3 Å². The molecule has 12 heteroatoms. The Labute approximate surface area is 203 Å². The Balaban J connectivity index is 1.51. The second kappa shape index (κ2) is 10.2. The molecule has 1 saturated heterocycles. The number of carbonyl (C=O) groups is 1. The Morgan fingerprint density at radius 3 is 2.51 bits per heavy atom. The van der Waals surface area contributed by atoms with Gasteiger partial charge >= 0.3 is 0 Å². The quantitative estimate of drug-likeness (QED) is 0.522. The van der Waals surface area contributed by atoms with Crippen LogP contribution in [0.5, 0.6) is 0 Å². The third-order valence-electron chi connectivity index (χ3n) is 5.94. The number of carbonyl (C=O) groups excluding carboxylic acids is 1. The molecular weight excluding hydrogens is 473 g/mol. The molecule has 35 heavy (non-hydrogen) atoms. The molecule has 0 unspecified atom stereocenters. The molecule has 0 bridgehead atoms. The molecule has 1 N–H and O–H groups in total. The van der Waals surface area contributed by atoms with E-state index < -0.39 is 10.0 Å². The number of aromatic nitrogens is 4. The van der Waals surface area contributed by atoms with Gasteiger partial charge in [0.05, 0.1) is 11.9 Å². The minimum Gasteiger partial charge on any atom is -0.348 e. The first-order valence-electron chi connectivity index (χ1n) is 11.2. The van der Waals surface area contributed by atoms with Crippen molar-refractivity contribution in [3.63, 3.8) is 0 Å². The largest absolute Gasteiger partial charge is 0.348 e. The molecule has 1 aliphatic heterocycles. The van der Waals surface area contributed by atoms with Crippen molar-refractivity contribution in [3.05, 3.63) is 59.7 Å². The molecule has 0 spiro atoms. The zero-order valence-corrected chi connectivity index (χ0v) is 20.7. The third kappa shape index (κ3) is 6.08. The molecule has 186 valence electrons. The average molecular weight is 502 g/mol. The lowest BCUT2D eigenvalue weighted by molar-refractivity contribution is 0.0922. The van der Waals surface area contributed by atoms with Gasteiger partial charge in [0, 0.05) is 49.9 Å². The van der Waals surface area contributed by atoms with Crippen LogP contribution in [0.4, 0.5) is 4.39 Å². The summed E-state index contributed by atoms with van der Waals surface area (Å²) in [5.41, 5.74) is 2.58. The smallest absolute Gasteiger partial charge is 0.251 e. The Bertz CT molecular complexity index is 1310. The van der Waals surface area contributed by atoms with E-state index in [4.69, 9.17) is 0 Å². The van der Waals surface area contributed by atoms with Crippen molar-refractivity contribution in [1.82, 2.24) is 34.7 Å². The van der Waals surface area contributed by atoms with Crippen LogP contribution < -0.4 is 5.32 Å². The van der Waals surface area contributed by atoms with Crippen LogP contribution in [0, 0.1) is 12.7 Å². The Hall–Kier alpha value is -3.22. The molecule has 1 fully saturated rings. The van der Waals surface area contributed by atoms with Gasteiger partial charge in [-0.2, -0.15) is 4.31 Å². The van der Waals surface area contributed by atoms with E-state index in [0.717, 1.165) is 5.56 Å². The molecule has 1 amide bonds. The van der Waals surface area contributed by atoms with Gasteiger partial charge in [0.1, 0.15) is 12.1 Å². The van der Waals surface area contributed by atoms with E-state index in [2.05, 4.69) is 25.7 Å². The molecule has 1 aromatic heterocycles. The summed E-state index contributed by atoms with van der Waals surface area (Å²) >= 11 is 0. The van der Waals surface area contributed by atoms with E-state index in [1.165, 1.54) is 27.6 Å². The summed E-state index contributed by atoms with van der Waals surface area (Å²) in [6, 6.07) is 9.78. The van der Waals surface area contributed by atoms with E-state index in [-0.39, 0.29) is 17.8 Å². The van der Waals surface area contributed by atoms with Crippen LogP contribution in [0.15, 0.2) is 42.7 Å². The number of aryl methyl sites for hydroxylation is 1. The maximum Gasteiger partial charge on any atom is 0.251 e. The highest BCUT2D eigenvalue weighted by Gasteiger charge is 2.24. The van der Waals surface area contributed by atoms with Gasteiger partial charge in [0.25, 0.3) is 5.91 Å². The van der Waals surface area contributed by atoms with Crippen LogP contribution in [-0.4, -0.2) is 88.8 Å². The van der Waals surface area contributed by atoms with Crippen molar-refractivity contribution in [3.8, 4) is 16.8 Å². The third-order valence-corrected chi connectivity index (χ3v) is 7.24. The van der Waals surface area contributed by atoms with Gasteiger partial charge in [-0.05, 0) is 59.7 Å². The molecule has 3 aromatic rings. The fourth-order valence-corrected chi connectivity index (χ4v) is 4.97. The highest BCUT2D eigenvalue weighted by atomic mass is 32.2. The molecule has 10 nitrogen and oxygen atoms in total. The monoisotopic (exact) mass is 501 g/mol. The number of piperazine rings is 1. The molecule has 2 heterocycles. The van der Waals surface area contributed by atoms with Crippen LogP contribution >= 0.6 is 0 Å². The van der Waals surface area contributed by atoms with E-state index in [0.29, 0.717) is 55.1 Å². The zero-order valence-electron chi connectivity index (χ0n) is 19.8. The Morgan fingerprint density at radius 2 is 1.89 bits per heavy atom. The minimum atomic E-state index is -3.19. The van der Waals surface area contributed by atoms with Crippen molar-refractivity contribution >= 4 is 15.9 Å². The van der Waals surface area contributed by atoms with Gasteiger partial charge in [0.2, 0.25) is 10.0 Å². The number of amides is 1. The van der Waals surface area contributed by atoms with E-state index in [1.807, 2.05) is 19.9 Å². The molecule has 0 radical (unpaired) electrons. The zero-order chi connectivity index (χ0) is 25.2. The van der Waals surface area contributed by atoms with Crippen LogP contribution in [-0.2, 0) is 10.0 Å². The van der Waals surface area contributed by atoms with Gasteiger partial charge in [-0.1, -0.05) is 12.1 Å².